The van der Waals surface area contributed by atoms with Gasteiger partial charge in [0.05, 0.1) is 6.04 Å². The van der Waals surface area contributed by atoms with Gasteiger partial charge in [-0.2, -0.15) is 5.10 Å². The number of hydrogen-bond acceptors (Lipinski definition) is 3. The molecule has 1 aromatic heterocycles. The van der Waals surface area contributed by atoms with Crippen molar-refractivity contribution in [3.05, 3.63) is 12.2 Å². The smallest absolute Gasteiger partial charge is 0.141 e. The molecule has 0 aliphatic heterocycles. The van der Waals surface area contributed by atoms with Gasteiger partial charge < -0.3 is 5.32 Å². The predicted molar refractivity (Wildman–Crippen MR) is 61.7 cm³/mol. The molecule has 2 fully saturated rings. The predicted octanol–water partition coefficient (Wildman–Crippen LogP) is 1.89. The van der Waals surface area contributed by atoms with E-state index in [2.05, 4.69) is 20.5 Å². The lowest BCUT2D eigenvalue weighted by Crippen LogP contribution is -2.23. The summed E-state index contributed by atoms with van der Waals surface area (Å²) in [6.45, 7) is 0. The van der Waals surface area contributed by atoms with Crippen LogP contribution in [0.2, 0.25) is 0 Å². The summed E-state index contributed by atoms with van der Waals surface area (Å²) in [4.78, 5) is 4.26. The molecule has 1 aromatic rings. The third-order valence-electron chi connectivity index (χ3n) is 4.54. The quantitative estimate of drug-likeness (QED) is 0.814. The van der Waals surface area contributed by atoms with Gasteiger partial charge in [-0.1, -0.05) is 6.42 Å². The van der Waals surface area contributed by atoms with Gasteiger partial charge in [-0.3, -0.25) is 5.10 Å². The molecule has 88 valence electrons. The van der Waals surface area contributed by atoms with Gasteiger partial charge in [0.25, 0.3) is 0 Å². The van der Waals surface area contributed by atoms with E-state index in [1.165, 1.54) is 32.1 Å². The van der Waals surface area contributed by atoms with Crippen LogP contribution in [-0.4, -0.2) is 22.2 Å². The summed E-state index contributed by atoms with van der Waals surface area (Å²) in [6, 6.07) is 0.354. The molecule has 0 aromatic carbocycles. The zero-order valence-electron chi connectivity index (χ0n) is 9.82. The number of nitrogens with one attached hydrogen (secondary N) is 2. The molecule has 1 heterocycles. The molecule has 2 bridgehead atoms. The maximum Gasteiger partial charge on any atom is 0.141 e. The molecular formula is C12H20N4. The Morgan fingerprint density at radius 1 is 1.50 bits per heavy atom. The second kappa shape index (κ2) is 4.17. The molecule has 0 spiro atoms. The first kappa shape index (κ1) is 10.3. The van der Waals surface area contributed by atoms with Crippen molar-refractivity contribution in [3.63, 3.8) is 0 Å². The largest absolute Gasteiger partial charge is 0.310 e. The van der Waals surface area contributed by atoms with Gasteiger partial charge in [-0.25, -0.2) is 4.98 Å². The van der Waals surface area contributed by atoms with Gasteiger partial charge in [0.1, 0.15) is 12.2 Å². The van der Waals surface area contributed by atoms with Gasteiger partial charge in [-0.05, 0) is 50.5 Å². The van der Waals surface area contributed by atoms with Gasteiger partial charge in [0, 0.05) is 0 Å². The van der Waals surface area contributed by atoms with Crippen molar-refractivity contribution in [2.75, 3.05) is 7.05 Å². The Hall–Kier alpha value is -0.900. The molecule has 4 unspecified atom stereocenters. The molecule has 2 aliphatic carbocycles. The van der Waals surface area contributed by atoms with E-state index in [4.69, 9.17) is 0 Å². The van der Waals surface area contributed by atoms with Crippen LogP contribution in [0, 0.1) is 17.8 Å². The molecule has 2 aliphatic rings. The van der Waals surface area contributed by atoms with E-state index in [1.54, 1.807) is 6.33 Å². The Kier molecular flexibility index (Phi) is 2.67. The van der Waals surface area contributed by atoms with Crippen molar-refractivity contribution in [2.24, 2.45) is 17.8 Å². The molecule has 4 atom stereocenters. The van der Waals surface area contributed by atoms with Crippen molar-refractivity contribution < 1.29 is 0 Å². The zero-order valence-corrected chi connectivity index (χ0v) is 9.82. The molecule has 3 rings (SSSR count). The van der Waals surface area contributed by atoms with Crippen LogP contribution in [0.15, 0.2) is 6.33 Å². The van der Waals surface area contributed by atoms with Crippen LogP contribution < -0.4 is 5.32 Å². The number of aromatic nitrogens is 3. The lowest BCUT2D eigenvalue weighted by molar-refractivity contribution is 0.280. The van der Waals surface area contributed by atoms with Crippen LogP contribution in [0.3, 0.4) is 0 Å². The monoisotopic (exact) mass is 220 g/mol. The molecule has 4 nitrogen and oxygen atoms in total. The minimum absolute atomic E-state index is 0.354. The molecule has 2 N–H and O–H groups in total. The second-order valence-corrected chi connectivity index (χ2v) is 5.38. The first-order valence-electron chi connectivity index (χ1n) is 6.39. The topological polar surface area (TPSA) is 53.6 Å². The van der Waals surface area contributed by atoms with Crippen LogP contribution >= 0.6 is 0 Å². The summed E-state index contributed by atoms with van der Waals surface area (Å²) < 4.78 is 0. The zero-order chi connectivity index (χ0) is 11.0. The average molecular weight is 220 g/mol. The summed E-state index contributed by atoms with van der Waals surface area (Å²) in [5, 5.41) is 10.3. The second-order valence-electron chi connectivity index (χ2n) is 5.38. The van der Waals surface area contributed by atoms with Gasteiger partial charge >= 0.3 is 0 Å². The summed E-state index contributed by atoms with van der Waals surface area (Å²) in [7, 11) is 2.01. The van der Waals surface area contributed by atoms with E-state index < -0.39 is 0 Å². The van der Waals surface area contributed by atoms with E-state index in [9.17, 15) is 0 Å². The van der Waals surface area contributed by atoms with E-state index >= 15 is 0 Å². The van der Waals surface area contributed by atoms with Crippen LogP contribution in [0.1, 0.15) is 44.0 Å². The van der Waals surface area contributed by atoms with E-state index in [0.717, 1.165) is 23.6 Å². The van der Waals surface area contributed by atoms with Crippen molar-refractivity contribution in [1.29, 1.82) is 0 Å². The van der Waals surface area contributed by atoms with Crippen molar-refractivity contribution in [2.45, 2.75) is 38.1 Å². The number of H-pyrrole nitrogens is 1. The van der Waals surface area contributed by atoms with Crippen LogP contribution in [0.4, 0.5) is 0 Å². The van der Waals surface area contributed by atoms with Gasteiger partial charge in [0.2, 0.25) is 0 Å². The number of aromatic amines is 1. The maximum absolute atomic E-state index is 4.26. The number of nitrogens with zero attached hydrogens (tertiary/aromatic N) is 2. The van der Waals surface area contributed by atoms with E-state index in [-0.39, 0.29) is 0 Å². The lowest BCUT2D eigenvalue weighted by Gasteiger charge is -2.25. The Morgan fingerprint density at radius 2 is 2.44 bits per heavy atom. The highest BCUT2D eigenvalue weighted by atomic mass is 15.2. The summed E-state index contributed by atoms with van der Waals surface area (Å²) in [5.74, 6) is 3.91. The third-order valence-corrected chi connectivity index (χ3v) is 4.54. The summed E-state index contributed by atoms with van der Waals surface area (Å²) in [5.41, 5.74) is 0. The first-order chi connectivity index (χ1) is 7.86. The van der Waals surface area contributed by atoms with Crippen LogP contribution in [-0.2, 0) is 0 Å². The van der Waals surface area contributed by atoms with E-state index in [0.29, 0.717) is 6.04 Å². The molecular weight excluding hydrogens is 200 g/mol. The highest BCUT2D eigenvalue weighted by Gasteiger charge is 2.40. The Labute approximate surface area is 96.2 Å². The van der Waals surface area contributed by atoms with Crippen molar-refractivity contribution in [3.8, 4) is 0 Å². The molecule has 16 heavy (non-hydrogen) atoms. The fraction of sp³-hybridized carbons (Fsp3) is 0.833. The van der Waals surface area contributed by atoms with Crippen molar-refractivity contribution >= 4 is 0 Å². The number of hydrogen-bond donors (Lipinski definition) is 2. The lowest BCUT2D eigenvalue weighted by atomic mass is 9.84. The Balaban J connectivity index is 1.65. The Bertz CT molecular complexity index is 335. The van der Waals surface area contributed by atoms with Gasteiger partial charge in [0.15, 0.2) is 0 Å². The standard InChI is InChI=1S/C12H20N4/c1-13-11(12-14-7-15-16-12)6-10-5-8-2-3-9(10)4-8/h7-11,13H,2-6H2,1H3,(H,14,15,16). The Morgan fingerprint density at radius 3 is 3.00 bits per heavy atom. The van der Waals surface area contributed by atoms with Gasteiger partial charge in [-0.15, -0.1) is 0 Å². The molecule has 2 saturated carbocycles. The number of fused-ring (bicyclic) bond motifs is 2. The molecule has 4 heteroatoms. The van der Waals surface area contributed by atoms with Crippen LogP contribution in [0.5, 0.6) is 0 Å². The minimum Gasteiger partial charge on any atom is -0.310 e. The molecule has 0 radical (unpaired) electrons. The highest BCUT2D eigenvalue weighted by molar-refractivity contribution is 4.97. The SMILES string of the molecule is CNC(CC1CC2CCC1C2)c1ncn[nH]1. The fourth-order valence-electron chi connectivity index (χ4n) is 3.72. The normalized spacial score (nSPS) is 34.4. The van der Waals surface area contributed by atoms with Crippen LogP contribution in [0.25, 0.3) is 0 Å². The van der Waals surface area contributed by atoms with Crippen molar-refractivity contribution in [1.82, 2.24) is 20.5 Å². The number of rotatable bonds is 4. The third kappa shape index (κ3) is 1.75. The fourth-order valence-corrected chi connectivity index (χ4v) is 3.72. The van der Waals surface area contributed by atoms with E-state index in [1.807, 2.05) is 7.05 Å². The summed E-state index contributed by atoms with van der Waals surface area (Å²) >= 11 is 0. The first-order valence-corrected chi connectivity index (χ1v) is 6.39. The minimum atomic E-state index is 0.354. The highest BCUT2D eigenvalue weighted by Crippen LogP contribution is 2.50. The maximum atomic E-state index is 4.26. The average Bonchev–Trinajstić information content (AvgIpc) is 3.01. The molecule has 0 saturated heterocycles. The summed E-state index contributed by atoms with van der Waals surface area (Å²) in [6.07, 6.45) is 8.68. The molecule has 0 amide bonds.